The average Bonchev–Trinajstić information content (AvgIpc) is 3.13. The van der Waals surface area contributed by atoms with Gasteiger partial charge in [0.1, 0.15) is 11.6 Å². The predicted octanol–water partition coefficient (Wildman–Crippen LogP) is 4.58. The first-order valence-corrected chi connectivity index (χ1v) is 11.5. The minimum absolute atomic E-state index is 0.247. The molecule has 1 saturated heterocycles. The monoisotopic (exact) mass is 425 g/mol. The number of carbonyl (C=O) groups is 1. The maximum absolute atomic E-state index is 12.7. The molecule has 3 heterocycles. The minimum atomic E-state index is -0.466. The molecule has 0 unspecified atom stereocenters. The van der Waals surface area contributed by atoms with Crippen LogP contribution in [0.5, 0.6) is 5.75 Å². The summed E-state index contributed by atoms with van der Waals surface area (Å²) in [6, 6.07) is 8.20. The van der Waals surface area contributed by atoms with Crippen molar-refractivity contribution in [2.75, 3.05) is 26.8 Å². The van der Waals surface area contributed by atoms with E-state index >= 15 is 0 Å². The summed E-state index contributed by atoms with van der Waals surface area (Å²) in [5.74, 6) is 2.87. The van der Waals surface area contributed by atoms with E-state index in [1.165, 1.54) is 0 Å². The molecule has 6 heteroatoms. The molecule has 1 aromatic heterocycles. The van der Waals surface area contributed by atoms with E-state index in [0.29, 0.717) is 38.0 Å². The number of imidazole rings is 1. The van der Waals surface area contributed by atoms with E-state index in [1.807, 2.05) is 23.1 Å². The van der Waals surface area contributed by atoms with Gasteiger partial charge in [0.25, 0.3) is 0 Å². The van der Waals surface area contributed by atoms with E-state index in [9.17, 15) is 4.79 Å². The van der Waals surface area contributed by atoms with E-state index < -0.39 is 5.60 Å². The predicted molar refractivity (Wildman–Crippen MR) is 121 cm³/mol. The largest absolute Gasteiger partial charge is 0.480 e. The topological polar surface area (TPSA) is 56.6 Å². The molecule has 1 spiro atoms. The number of benzene rings is 1. The van der Waals surface area contributed by atoms with Crippen molar-refractivity contribution in [3.63, 3.8) is 0 Å². The number of hydrogen-bond donors (Lipinski definition) is 0. The van der Waals surface area contributed by atoms with Crippen LogP contribution in [0.1, 0.15) is 64.4 Å². The van der Waals surface area contributed by atoms with E-state index in [-0.39, 0.29) is 5.91 Å². The second-order valence-electron chi connectivity index (χ2n) is 9.54. The van der Waals surface area contributed by atoms with Crippen LogP contribution < -0.4 is 4.74 Å². The lowest BCUT2D eigenvalue weighted by Crippen LogP contribution is -2.50. The van der Waals surface area contributed by atoms with Gasteiger partial charge in [0.05, 0.1) is 18.0 Å². The third kappa shape index (κ3) is 3.98. The third-order valence-corrected chi connectivity index (χ3v) is 6.42. The summed E-state index contributed by atoms with van der Waals surface area (Å²) in [5, 5.41) is 0. The number of ether oxygens (including phenoxy) is 2. The fraction of sp³-hybridized carbons (Fsp3) is 0.600. The van der Waals surface area contributed by atoms with E-state index in [2.05, 4.69) is 38.3 Å². The molecule has 2 aliphatic heterocycles. The molecule has 1 amide bonds. The zero-order valence-corrected chi connectivity index (χ0v) is 19.5. The Morgan fingerprint density at radius 2 is 1.90 bits per heavy atom. The molecule has 6 nitrogen and oxygen atoms in total. The van der Waals surface area contributed by atoms with Gasteiger partial charge in [-0.1, -0.05) is 39.8 Å². The number of aromatic nitrogens is 2. The van der Waals surface area contributed by atoms with Gasteiger partial charge in [-0.15, -0.1) is 0 Å². The summed E-state index contributed by atoms with van der Waals surface area (Å²) in [5.41, 5.74) is 2.78. The summed E-state index contributed by atoms with van der Waals surface area (Å²) in [4.78, 5) is 19.8. The second kappa shape index (κ2) is 8.65. The van der Waals surface area contributed by atoms with Crippen LogP contribution in [0, 0.1) is 5.92 Å². The summed E-state index contributed by atoms with van der Waals surface area (Å²) in [6.07, 6.45) is 2.15. The molecule has 1 aromatic carbocycles. The Hall–Kier alpha value is -2.34. The van der Waals surface area contributed by atoms with Crippen LogP contribution in [-0.2, 0) is 21.7 Å². The summed E-state index contributed by atoms with van der Waals surface area (Å²) in [6.45, 7) is 11.3. The Kier molecular flexibility index (Phi) is 6.11. The van der Waals surface area contributed by atoms with Crippen molar-refractivity contribution in [3.05, 3.63) is 35.8 Å². The van der Waals surface area contributed by atoms with Gasteiger partial charge in [-0.05, 0) is 18.1 Å². The number of hydrogen-bond acceptors (Lipinski definition) is 4. The van der Waals surface area contributed by atoms with Crippen LogP contribution in [0.2, 0.25) is 0 Å². The van der Waals surface area contributed by atoms with Crippen LogP contribution in [0.25, 0.3) is 11.3 Å². The number of methoxy groups -OCH3 is 1. The zero-order chi connectivity index (χ0) is 22.2. The number of piperidine rings is 1. The molecule has 2 aromatic rings. The molecule has 0 bridgehead atoms. The number of amides is 1. The minimum Gasteiger partial charge on any atom is -0.480 e. The molecule has 2 aliphatic rings. The highest BCUT2D eigenvalue weighted by Crippen LogP contribution is 2.50. The van der Waals surface area contributed by atoms with Gasteiger partial charge in [0, 0.05) is 57.5 Å². The summed E-state index contributed by atoms with van der Waals surface area (Å²) >= 11 is 0. The van der Waals surface area contributed by atoms with Gasteiger partial charge < -0.3 is 18.9 Å². The van der Waals surface area contributed by atoms with Crippen LogP contribution in [0.4, 0.5) is 0 Å². The van der Waals surface area contributed by atoms with Crippen molar-refractivity contribution in [1.29, 1.82) is 0 Å². The molecule has 31 heavy (non-hydrogen) atoms. The maximum Gasteiger partial charge on any atom is 0.222 e. The molecular weight excluding hydrogens is 390 g/mol. The lowest BCUT2D eigenvalue weighted by atomic mass is 9.83. The number of likely N-dealkylation sites (tertiary alicyclic amines) is 1. The number of fused-ring (bicyclic) bond motifs is 4. The smallest absolute Gasteiger partial charge is 0.222 e. The molecule has 0 atom stereocenters. The standard InChI is InChI=1S/C25H35N3O3/c1-17(2)16-21(29)27-12-10-25(11-13-27)23-22(19-8-6-7-9-20(19)31-25)26-24(18(3)4)28(23)14-15-30-5/h6-9,17-18H,10-16H2,1-5H3. The van der Waals surface area contributed by atoms with Crippen LogP contribution >= 0.6 is 0 Å². The molecular formula is C25H35N3O3. The Morgan fingerprint density at radius 3 is 2.55 bits per heavy atom. The van der Waals surface area contributed by atoms with Crippen LogP contribution in [0.3, 0.4) is 0 Å². The highest BCUT2D eigenvalue weighted by atomic mass is 16.5. The van der Waals surface area contributed by atoms with Crippen molar-refractivity contribution in [3.8, 4) is 17.0 Å². The van der Waals surface area contributed by atoms with Gasteiger partial charge in [-0.2, -0.15) is 0 Å². The van der Waals surface area contributed by atoms with Crippen molar-refractivity contribution in [2.45, 2.75) is 65.0 Å². The molecule has 0 saturated carbocycles. The van der Waals surface area contributed by atoms with Gasteiger partial charge in [-0.25, -0.2) is 4.98 Å². The normalized spacial score (nSPS) is 17.1. The number of para-hydroxylation sites is 1. The van der Waals surface area contributed by atoms with Gasteiger partial charge >= 0.3 is 0 Å². The summed E-state index contributed by atoms with van der Waals surface area (Å²) in [7, 11) is 1.73. The van der Waals surface area contributed by atoms with Gasteiger partial charge in [0.15, 0.2) is 5.60 Å². The number of rotatable bonds is 6. The van der Waals surface area contributed by atoms with E-state index in [1.54, 1.807) is 7.11 Å². The quantitative estimate of drug-likeness (QED) is 0.680. The number of carbonyl (C=O) groups excluding carboxylic acids is 1. The molecule has 0 N–H and O–H groups in total. The average molecular weight is 426 g/mol. The molecule has 0 radical (unpaired) electrons. The Morgan fingerprint density at radius 1 is 1.19 bits per heavy atom. The first kappa shape index (κ1) is 21.9. The highest BCUT2D eigenvalue weighted by Gasteiger charge is 2.48. The molecule has 168 valence electrons. The van der Waals surface area contributed by atoms with Crippen molar-refractivity contribution >= 4 is 5.91 Å². The third-order valence-electron chi connectivity index (χ3n) is 6.42. The Balaban J connectivity index is 1.76. The number of nitrogens with zero attached hydrogens (tertiary/aromatic N) is 3. The molecule has 0 aliphatic carbocycles. The van der Waals surface area contributed by atoms with Crippen molar-refractivity contribution < 1.29 is 14.3 Å². The van der Waals surface area contributed by atoms with Crippen molar-refractivity contribution in [1.82, 2.24) is 14.5 Å². The first-order chi connectivity index (χ1) is 14.9. The second-order valence-corrected chi connectivity index (χ2v) is 9.54. The molecule has 4 rings (SSSR count). The highest BCUT2D eigenvalue weighted by molar-refractivity contribution is 5.77. The maximum atomic E-state index is 12.7. The zero-order valence-electron chi connectivity index (χ0n) is 19.5. The summed E-state index contributed by atoms with van der Waals surface area (Å²) < 4.78 is 14.5. The van der Waals surface area contributed by atoms with Crippen molar-refractivity contribution in [2.24, 2.45) is 5.92 Å². The van der Waals surface area contributed by atoms with Crippen LogP contribution in [0.15, 0.2) is 24.3 Å². The van der Waals surface area contributed by atoms with E-state index in [4.69, 9.17) is 14.5 Å². The van der Waals surface area contributed by atoms with Gasteiger partial charge in [-0.3, -0.25) is 4.79 Å². The molecule has 1 fully saturated rings. The SMILES string of the molecule is COCCn1c(C(C)C)nc2c1C1(CCN(C(=O)CC(C)C)CC1)Oc1ccccc1-2. The van der Waals surface area contributed by atoms with Gasteiger partial charge in [0.2, 0.25) is 5.91 Å². The van der Waals surface area contributed by atoms with E-state index in [0.717, 1.165) is 47.9 Å². The lowest BCUT2D eigenvalue weighted by Gasteiger charge is -2.45. The lowest BCUT2D eigenvalue weighted by molar-refractivity contribution is -0.136. The Labute approximate surface area is 185 Å². The first-order valence-electron chi connectivity index (χ1n) is 11.5. The Bertz CT molecular complexity index is 939. The van der Waals surface area contributed by atoms with Crippen LogP contribution in [-0.4, -0.2) is 47.2 Å². The fourth-order valence-corrected chi connectivity index (χ4v) is 4.91. The fourth-order valence-electron chi connectivity index (χ4n) is 4.91.